The Labute approximate surface area is 96.9 Å². The van der Waals surface area contributed by atoms with Gasteiger partial charge in [0.1, 0.15) is 16.7 Å². The smallest absolute Gasteiger partial charge is 0.143 e. The third kappa shape index (κ3) is 2.38. The zero-order valence-corrected chi connectivity index (χ0v) is 9.16. The van der Waals surface area contributed by atoms with Crippen LogP contribution >= 0.6 is 11.6 Å². The number of hydrogen-bond acceptors (Lipinski definition) is 2. The quantitative estimate of drug-likeness (QED) is 0.517. The lowest BCUT2D eigenvalue weighted by molar-refractivity contribution is 0.622. The van der Waals surface area contributed by atoms with Crippen molar-refractivity contribution in [1.82, 2.24) is 14.8 Å². The fourth-order valence-electron chi connectivity index (χ4n) is 1.11. The van der Waals surface area contributed by atoms with E-state index in [4.69, 9.17) is 11.6 Å². The van der Waals surface area contributed by atoms with Gasteiger partial charge in [0.05, 0.1) is 5.56 Å². The normalized spacial score (nSPS) is 9.69. The summed E-state index contributed by atoms with van der Waals surface area (Å²) in [7, 11) is 1.79. The molecule has 0 aliphatic rings. The first-order valence-corrected chi connectivity index (χ1v) is 4.85. The Morgan fingerprint density at radius 2 is 2.25 bits per heavy atom. The second-order valence-electron chi connectivity index (χ2n) is 3.11. The number of aromatic nitrogens is 3. The van der Waals surface area contributed by atoms with Gasteiger partial charge in [-0.25, -0.2) is 9.37 Å². The zero-order valence-electron chi connectivity index (χ0n) is 8.41. The molecule has 0 bridgehead atoms. The summed E-state index contributed by atoms with van der Waals surface area (Å²) >= 11 is 5.52. The third-order valence-corrected chi connectivity index (χ3v) is 2.07. The van der Waals surface area contributed by atoms with Crippen molar-refractivity contribution in [3.8, 4) is 11.8 Å². The van der Waals surface area contributed by atoms with Gasteiger partial charge < -0.3 is 0 Å². The van der Waals surface area contributed by atoms with Gasteiger partial charge in [-0.3, -0.25) is 4.68 Å². The molecule has 0 amide bonds. The first kappa shape index (κ1) is 10.7. The van der Waals surface area contributed by atoms with Gasteiger partial charge in [0.25, 0.3) is 0 Å². The van der Waals surface area contributed by atoms with E-state index in [1.54, 1.807) is 24.0 Å². The van der Waals surface area contributed by atoms with Gasteiger partial charge in [0.2, 0.25) is 0 Å². The van der Waals surface area contributed by atoms with Crippen molar-refractivity contribution in [2.24, 2.45) is 7.05 Å². The van der Waals surface area contributed by atoms with Gasteiger partial charge >= 0.3 is 0 Å². The molecule has 0 aliphatic heterocycles. The van der Waals surface area contributed by atoms with Gasteiger partial charge in [-0.1, -0.05) is 17.5 Å². The second-order valence-corrected chi connectivity index (χ2v) is 3.50. The number of pyridine rings is 1. The van der Waals surface area contributed by atoms with E-state index in [9.17, 15) is 4.39 Å². The van der Waals surface area contributed by atoms with Crippen LogP contribution in [0.4, 0.5) is 4.39 Å². The van der Waals surface area contributed by atoms with Crippen LogP contribution in [-0.4, -0.2) is 14.8 Å². The molecule has 0 saturated carbocycles. The maximum Gasteiger partial charge on any atom is 0.143 e. The number of aryl methyl sites for hydroxylation is 1. The Balaban J connectivity index is 2.30. The molecule has 2 heterocycles. The van der Waals surface area contributed by atoms with Crippen molar-refractivity contribution in [3.05, 3.63) is 46.8 Å². The Morgan fingerprint density at radius 1 is 1.44 bits per heavy atom. The molecule has 0 N–H and O–H groups in total. The fraction of sp³-hybridized carbons (Fsp3) is 0.0909. The molecule has 2 rings (SSSR count). The van der Waals surface area contributed by atoms with Crippen LogP contribution in [0.25, 0.3) is 0 Å². The Hall–Kier alpha value is -1.86. The van der Waals surface area contributed by atoms with Gasteiger partial charge in [0, 0.05) is 25.5 Å². The highest BCUT2D eigenvalue weighted by atomic mass is 35.5. The molecule has 3 nitrogen and oxygen atoms in total. The van der Waals surface area contributed by atoms with E-state index in [1.807, 2.05) is 0 Å². The number of nitrogens with zero attached hydrogens (tertiary/aromatic N) is 3. The average molecular weight is 236 g/mol. The van der Waals surface area contributed by atoms with E-state index in [0.717, 1.165) is 6.07 Å². The summed E-state index contributed by atoms with van der Waals surface area (Å²) in [4.78, 5) is 3.75. The van der Waals surface area contributed by atoms with Crippen molar-refractivity contribution in [1.29, 1.82) is 0 Å². The zero-order chi connectivity index (χ0) is 11.5. The Kier molecular flexibility index (Phi) is 2.88. The summed E-state index contributed by atoms with van der Waals surface area (Å²) in [5, 5.41) is 4.16. The molecule has 0 radical (unpaired) electrons. The number of halogens is 2. The second kappa shape index (κ2) is 4.33. The summed E-state index contributed by atoms with van der Waals surface area (Å²) in [6.45, 7) is 0. The minimum absolute atomic E-state index is 0.112. The summed E-state index contributed by atoms with van der Waals surface area (Å²) in [6.07, 6.45) is 3.06. The molecule has 0 fully saturated rings. The first-order valence-electron chi connectivity index (χ1n) is 4.48. The van der Waals surface area contributed by atoms with Gasteiger partial charge in [-0.15, -0.1) is 0 Å². The van der Waals surface area contributed by atoms with Crippen LogP contribution in [0.3, 0.4) is 0 Å². The lowest BCUT2D eigenvalue weighted by atomic mass is 10.2. The maximum absolute atomic E-state index is 13.3. The van der Waals surface area contributed by atoms with E-state index in [-0.39, 0.29) is 10.7 Å². The van der Waals surface area contributed by atoms with E-state index < -0.39 is 5.82 Å². The molecule has 2 aromatic heterocycles. The topological polar surface area (TPSA) is 30.7 Å². The van der Waals surface area contributed by atoms with Crippen molar-refractivity contribution >= 4 is 11.6 Å². The van der Waals surface area contributed by atoms with Crippen LogP contribution in [0.2, 0.25) is 5.15 Å². The van der Waals surface area contributed by atoms with E-state index in [0.29, 0.717) is 5.69 Å². The predicted octanol–water partition coefficient (Wildman–Crippen LogP) is 2.01. The largest absolute Gasteiger partial charge is 0.275 e. The van der Waals surface area contributed by atoms with Crippen molar-refractivity contribution in [3.63, 3.8) is 0 Å². The molecule has 0 aromatic carbocycles. The summed E-state index contributed by atoms with van der Waals surface area (Å²) < 4.78 is 14.9. The highest BCUT2D eigenvalue weighted by Gasteiger charge is 2.00. The molecule has 0 unspecified atom stereocenters. The molecule has 5 heteroatoms. The summed E-state index contributed by atoms with van der Waals surface area (Å²) in [5.41, 5.74) is 0.784. The SMILES string of the molecule is Cn1ccc(C#Cc2cnc(Cl)cc2F)n1. The van der Waals surface area contributed by atoms with Gasteiger partial charge in [0.15, 0.2) is 0 Å². The summed E-state index contributed by atoms with van der Waals surface area (Å²) in [6, 6.07) is 2.87. The van der Waals surface area contributed by atoms with E-state index >= 15 is 0 Å². The molecule has 80 valence electrons. The number of rotatable bonds is 0. The number of hydrogen-bond donors (Lipinski definition) is 0. The highest BCUT2D eigenvalue weighted by Crippen LogP contribution is 2.10. The standard InChI is InChI=1S/C11H7ClFN3/c1-16-5-4-9(15-16)3-2-8-7-14-11(12)6-10(8)13/h4-7H,1H3. The molecular weight excluding hydrogens is 229 g/mol. The average Bonchev–Trinajstić information content (AvgIpc) is 2.63. The lowest BCUT2D eigenvalue weighted by Gasteiger charge is -1.92. The summed E-state index contributed by atoms with van der Waals surface area (Å²) in [5.74, 6) is 4.90. The van der Waals surface area contributed by atoms with Crippen LogP contribution < -0.4 is 0 Å². The molecule has 16 heavy (non-hydrogen) atoms. The monoisotopic (exact) mass is 235 g/mol. The minimum Gasteiger partial charge on any atom is -0.275 e. The lowest BCUT2D eigenvalue weighted by Crippen LogP contribution is -1.88. The predicted molar refractivity (Wildman–Crippen MR) is 58.4 cm³/mol. The third-order valence-electron chi connectivity index (χ3n) is 1.86. The van der Waals surface area contributed by atoms with Crippen LogP contribution in [0, 0.1) is 17.7 Å². The first-order chi connectivity index (χ1) is 7.65. The highest BCUT2D eigenvalue weighted by molar-refractivity contribution is 6.29. The van der Waals surface area contributed by atoms with Crippen LogP contribution in [0.15, 0.2) is 24.5 Å². The minimum atomic E-state index is -0.483. The molecular formula is C11H7ClFN3. The van der Waals surface area contributed by atoms with Crippen LogP contribution in [0.5, 0.6) is 0 Å². The Morgan fingerprint density at radius 3 is 2.88 bits per heavy atom. The van der Waals surface area contributed by atoms with Crippen molar-refractivity contribution < 1.29 is 4.39 Å². The molecule has 0 saturated heterocycles. The van der Waals surface area contributed by atoms with Gasteiger partial charge in [-0.2, -0.15) is 5.10 Å². The fourth-order valence-corrected chi connectivity index (χ4v) is 1.26. The van der Waals surface area contributed by atoms with Crippen molar-refractivity contribution in [2.75, 3.05) is 0 Å². The van der Waals surface area contributed by atoms with E-state index in [1.165, 1.54) is 6.20 Å². The maximum atomic E-state index is 13.3. The molecule has 0 aliphatic carbocycles. The molecule has 2 aromatic rings. The molecule has 0 spiro atoms. The van der Waals surface area contributed by atoms with Gasteiger partial charge in [-0.05, 0) is 12.0 Å². The Bertz CT molecular complexity index is 580. The van der Waals surface area contributed by atoms with Crippen LogP contribution in [-0.2, 0) is 7.05 Å². The van der Waals surface area contributed by atoms with E-state index in [2.05, 4.69) is 21.9 Å². The van der Waals surface area contributed by atoms with Crippen LogP contribution in [0.1, 0.15) is 11.3 Å². The van der Waals surface area contributed by atoms with Crippen molar-refractivity contribution in [2.45, 2.75) is 0 Å². The molecule has 0 atom stereocenters.